The average Bonchev–Trinajstić information content (AvgIpc) is 2.90. The van der Waals surface area contributed by atoms with Crippen LogP contribution in [0.1, 0.15) is 65.7 Å². The number of likely N-dealkylation sites (tertiary alicyclic amines) is 1. The highest BCUT2D eigenvalue weighted by Crippen LogP contribution is 2.25. The van der Waals surface area contributed by atoms with E-state index in [4.69, 9.17) is 0 Å². The van der Waals surface area contributed by atoms with Crippen LogP contribution >= 0.6 is 0 Å². The van der Waals surface area contributed by atoms with E-state index in [2.05, 4.69) is 17.1 Å². The van der Waals surface area contributed by atoms with Crippen molar-refractivity contribution in [2.45, 2.75) is 77.8 Å². The lowest BCUT2D eigenvalue weighted by Gasteiger charge is -2.40. The number of amides is 1. The number of nitrogens with one attached hydrogen (secondary N) is 1. The zero-order valence-electron chi connectivity index (χ0n) is 13.5. The zero-order valence-corrected chi connectivity index (χ0v) is 13.5. The summed E-state index contributed by atoms with van der Waals surface area (Å²) in [6, 6.07) is 1.22. The van der Waals surface area contributed by atoms with Crippen LogP contribution < -0.4 is 5.32 Å². The molecule has 1 saturated carbocycles. The predicted molar refractivity (Wildman–Crippen MR) is 83.6 cm³/mol. The molecule has 1 aliphatic heterocycles. The SMILES string of the molecule is CCCC1CC(NC2CCCC2)CN(C(=O)C(C)C)C1. The van der Waals surface area contributed by atoms with Gasteiger partial charge in [0.2, 0.25) is 5.91 Å². The van der Waals surface area contributed by atoms with Crippen LogP contribution in [0, 0.1) is 11.8 Å². The van der Waals surface area contributed by atoms with Crippen molar-refractivity contribution in [2.75, 3.05) is 13.1 Å². The Morgan fingerprint density at radius 1 is 1.20 bits per heavy atom. The molecule has 0 aromatic heterocycles. The van der Waals surface area contributed by atoms with Gasteiger partial charge in [-0.15, -0.1) is 0 Å². The quantitative estimate of drug-likeness (QED) is 0.839. The highest BCUT2D eigenvalue weighted by atomic mass is 16.2. The summed E-state index contributed by atoms with van der Waals surface area (Å²) in [5.74, 6) is 1.15. The number of carbonyl (C=O) groups is 1. The van der Waals surface area contributed by atoms with Crippen molar-refractivity contribution in [3.63, 3.8) is 0 Å². The number of nitrogens with zero attached hydrogens (tertiary/aromatic N) is 1. The van der Waals surface area contributed by atoms with Gasteiger partial charge in [0, 0.05) is 31.1 Å². The van der Waals surface area contributed by atoms with Gasteiger partial charge in [-0.1, -0.05) is 40.0 Å². The Balaban J connectivity index is 1.94. The summed E-state index contributed by atoms with van der Waals surface area (Å²) in [5.41, 5.74) is 0. The van der Waals surface area contributed by atoms with Crippen molar-refractivity contribution in [3.8, 4) is 0 Å². The average molecular weight is 280 g/mol. The molecule has 0 spiro atoms. The molecule has 3 nitrogen and oxygen atoms in total. The van der Waals surface area contributed by atoms with Gasteiger partial charge in [-0.25, -0.2) is 0 Å². The van der Waals surface area contributed by atoms with Crippen LogP contribution in [-0.4, -0.2) is 36.0 Å². The smallest absolute Gasteiger partial charge is 0.225 e. The van der Waals surface area contributed by atoms with Crippen molar-refractivity contribution in [3.05, 3.63) is 0 Å². The first-order chi connectivity index (χ1) is 9.60. The van der Waals surface area contributed by atoms with Crippen LogP contribution in [0.4, 0.5) is 0 Å². The molecule has 1 amide bonds. The molecule has 0 aromatic rings. The summed E-state index contributed by atoms with van der Waals surface area (Å²) in [7, 11) is 0. The minimum Gasteiger partial charge on any atom is -0.341 e. The van der Waals surface area contributed by atoms with Crippen LogP contribution in [0.3, 0.4) is 0 Å². The first kappa shape index (κ1) is 15.8. The van der Waals surface area contributed by atoms with Gasteiger partial charge in [-0.05, 0) is 31.6 Å². The first-order valence-corrected chi connectivity index (χ1v) is 8.65. The third-order valence-electron chi connectivity index (χ3n) is 4.87. The Morgan fingerprint density at radius 3 is 2.50 bits per heavy atom. The summed E-state index contributed by atoms with van der Waals surface area (Å²) in [4.78, 5) is 14.5. The molecule has 1 N–H and O–H groups in total. The molecule has 0 aromatic carbocycles. The number of hydrogen-bond donors (Lipinski definition) is 1. The lowest BCUT2D eigenvalue weighted by Crippen LogP contribution is -2.53. The van der Waals surface area contributed by atoms with Gasteiger partial charge >= 0.3 is 0 Å². The minimum absolute atomic E-state index is 0.127. The molecule has 0 bridgehead atoms. The summed E-state index contributed by atoms with van der Waals surface area (Å²) in [6.45, 7) is 8.19. The maximum atomic E-state index is 12.3. The largest absolute Gasteiger partial charge is 0.341 e. The molecule has 0 radical (unpaired) electrons. The zero-order chi connectivity index (χ0) is 14.5. The summed E-state index contributed by atoms with van der Waals surface area (Å²) in [5, 5.41) is 3.84. The molecule has 2 fully saturated rings. The van der Waals surface area contributed by atoms with Gasteiger partial charge in [0.25, 0.3) is 0 Å². The Hall–Kier alpha value is -0.570. The highest BCUT2D eigenvalue weighted by molar-refractivity contribution is 5.78. The molecule has 20 heavy (non-hydrogen) atoms. The first-order valence-electron chi connectivity index (χ1n) is 8.65. The normalized spacial score (nSPS) is 28.3. The van der Waals surface area contributed by atoms with Crippen LogP contribution in [0.5, 0.6) is 0 Å². The number of rotatable bonds is 5. The second kappa shape index (κ2) is 7.44. The fourth-order valence-electron chi connectivity index (χ4n) is 3.91. The minimum atomic E-state index is 0.127. The highest BCUT2D eigenvalue weighted by Gasteiger charge is 2.31. The molecular weight excluding hydrogens is 248 g/mol. The standard InChI is InChI=1S/C17H32N2O/c1-4-7-14-10-16(18-15-8-5-6-9-15)12-19(11-14)17(20)13(2)3/h13-16,18H,4-12H2,1-3H3. The molecule has 2 aliphatic rings. The van der Waals surface area contributed by atoms with E-state index in [1.165, 1.54) is 44.9 Å². The Kier molecular flexibility index (Phi) is 5.88. The van der Waals surface area contributed by atoms with E-state index in [-0.39, 0.29) is 5.92 Å². The second-order valence-electron chi connectivity index (χ2n) is 7.13. The fraction of sp³-hybridized carbons (Fsp3) is 0.941. The monoisotopic (exact) mass is 280 g/mol. The fourth-order valence-corrected chi connectivity index (χ4v) is 3.91. The van der Waals surface area contributed by atoms with Crippen LogP contribution in [0.15, 0.2) is 0 Å². The number of carbonyl (C=O) groups excluding carboxylic acids is 1. The van der Waals surface area contributed by atoms with E-state index in [9.17, 15) is 4.79 Å². The van der Waals surface area contributed by atoms with Crippen molar-refractivity contribution >= 4 is 5.91 Å². The van der Waals surface area contributed by atoms with E-state index in [0.717, 1.165) is 13.1 Å². The van der Waals surface area contributed by atoms with Crippen molar-refractivity contribution in [1.82, 2.24) is 10.2 Å². The second-order valence-corrected chi connectivity index (χ2v) is 7.13. The van der Waals surface area contributed by atoms with Gasteiger partial charge < -0.3 is 10.2 Å². The molecule has 1 saturated heterocycles. The lowest BCUT2D eigenvalue weighted by molar-refractivity contribution is -0.137. The Morgan fingerprint density at radius 2 is 1.90 bits per heavy atom. The van der Waals surface area contributed by atoms with Crippen LogP contribution in [0.2, 0.25) is 0 Å². The van der Waals surface area contributed by atoms with Crippen LogP contribution in [0.25, 0.3) is 0 Å². The van der Waals surface area contributed by atoms with E-state index < -0.39 is 0 Å². The maximum Gasteiger partial charge on any atom is 0.225 e. The Labute approximate surface area is 124 Å². The topological polar surface area (TPSA) is 32.3 Å². The summed E-state index contributed by atoms with van der Waals surface area (Å²) >= 11 is 0. The van der Waals surface area contributed by atoms with Gasteiger partial charge in [0.1, 0.15) is 0 Å². The van der Waals surface area contributed by atoms with Crippen LogP contribution in [-0.2, 0) is 4.79 Å². The lowest BCUT2D eigenvalue weighted by atomic mass is 9.89. The third kappa shape index (κ3) is 4.21. The molecule has 1 aliphatic carbocycles. The molecule has 3 heteroatoms. The molecule has 2 atom stereocenters. The molecular formula is C17H32N2O. The number of hydrogen-bond acceptors (Lipinski definition) is 2. The van der Waals surface area contributed by atoms with Crippen molar-refractivity contribution in [2.24, 2.45) is 11.8 Å². The van der Waals surface area contributed by atoms with E-state index in [0.29, 0.717) is 23.9 Å². The summed E-state index contributed by atoms with van der Waals surface area (Å²) in [6.07, 6.45) is 9.14. The van der Waals surface area contributed by atoms with Crippen molar-refractivity contribution in [1.29, 1.82) is 0 Å². The molecule has 1 heterocycles. The maximum absolute atomic E-state index is 12.3. The molecule has 116 valence electrons. The Bertz CT molecular complexity index is 310. The van der Waals surface area contributed by atoms with Gasteiger partial charge in [-0.3, -0.25) is 4.79 Å². The van der Waals surface area contributed by atoms with E-state index in [1.54, 1.807) is 0 Å². The van der Waals surface area contributed by atoms with Gasteiger partial charge in [-0.2, -0.15) is 0 Å². The number of piperidine rings is 1. The third-order valence-corrected chi connectivity index (χ3v) is 4.87. The summed E-state index contributed by atoms with van der Waals surface area (Å²) < 4.78 is 0. The molecule has 2 unspecified atom stereocenters. The van der Waals surface area contributed by atoms with Gasteiger partial charge in [0.15, 0.2) is 0 Å². The van der Waals surface area contributed by atoms with E-state index in [1.807, 2.05) is 13.8 Å². The predicted octanol–water partition coefficient (Wildman–Crippen LogP) is 3.19. The molecule has 2 rings (SSSR count). The van der Waals surface area contributed by atoms with Crippen molar-refractivity contribution < 1.29 is 4.79 Å². The van der Waals surface area contributed by atoms with E-state index >= 15 is 0 Å². The van der Waals surface area contributed by atoms with Gasteiger partial charge in [0.05, 0.1) is 0 Å².